The van der Waals surface area contributed by atoms with Gasteiger partial charge in [0.15, 0.2) is 0 Å². The van der Waals surface area contributed by atoms with Gasteiger partial charge >= 0.3 is 12.3 Å². The van der Waals surface area contributed by atoms with E-state index >= 15 is 0 Å². The molecule has 10 nitrogen and oxygen atoms in total. The lowest BCUT2D eigenvalue weighted by Crippen LogP contribution is -2.09. The highest BCUT2D eigenvalue weighted by Gasteiger charge is 2.12. The number of hydrogen-bond acceptors (Lipinski definition) is 8. The fraction of sp³-hybridized carbons (Fsp3) is 0.133. The van der Waals surface area contributed by atoms with Crippen molar-refractivity contribution in [2.45, 2.75) is 13.8 Å². The third-order valence-electron chi connectivity index (χ3n) is 5.79. The zero-order chi connectivity index (χ0) is 27.9. The summed E-state index contributed by atoms with van der Waals surface area (Å²) in [6, 6.07) is 21.9. The van der Waals surface area contributed by atoms with E-state index in [1.54, 1.807) is 38.1 Å². The summed E-state index contributed by atoms with van der Waals surface area (Å²) in [7, 11) is 0. The fourth-order valence-electron chi connectivity index (χ4n) is 3.92. The maximum absolute atomic E-state index is 11.5. The molecule has 40 heavy (non-hydrogen) atoms. The summed E-state index contributed by atoms with van der Waals surface area (Å²) >= 11 is 0. The summed E-state index contributed by atoms with van der Waals surface area (Å²) < 4.78 is 19.8. The van der Waals surface area contributed by atoms with E-state index in [0.29, 0.717) is 23.1 Å². The van der Waals surface area contributed by atoms with Crippen LogP contribution in [0.3, 0.4) is 0 Å². The first kappa shape index (κ1) is 26.2. The Balaban J connectivity index is 1.29. The number of ether oxygens (including phenoxy) is 4. The molecule has 2 heterocycles. The smallest absolute Gasteiger partial charge is 0.434 e. The minimum absolute atomic E-state index is 0.248. The van der Waals surface area contributed by atoms with Crippen LogP contribution in [0.25, 0.3) is 45.3 Å². The van der Waals surface area contributed by atoms with Crippen molar-refractivity contribution in [3.05, 3.63) is 85.2 Å². The molecular weight excluding hydrogens is 512 g/mol. The quantitative estimate of drug-likeness (QED) is 0.162. The van der Waals surface area contributed by atoms with Gasteiger partial charge in [-0.1, -0.05) is 18.2 Å². The Morgan fingerprint density at radius 2 is 1.05 bits per heavy atom. The highest BCUT2D eigenvalue weighted by molar-refractivity contribution is 5.73. The molecule has 0 aliphatic heterocycles. The molecule has 3 aromatic carbocycles. The molecule has 0 spiro atoms. The Morgan fingerprint density at radius 3 is 1.45 bits per heavy atom. The molecule has 0 amide bonds. The third-order valence-corrected chi connectivity index (χ3v) is 5.79. The van der Waals surface area contributed by atoms with Crippen LogP contribution >= 0.6 is 0 Å². The van der Waals surface area contributed by atoms with Crippen molar-refractivity contribution in [1.82, 2.24) is 19.9 Å². The van der Waals surface area contributed by atoms with Crippen LogP contribution < -0.4 is 9.47 Å². The summed E-state index contributed by atoms with van der Waals surface area (Å²) in [5.41, 5.74) is 5.08. The minimum Gasteiger partial charge on any atom is -0.434 e. The molecular formula is C30H26N4O6. The summed E-state index contributed by atoms with van der Waals surface area (Å²) in [5, 5.41) is 0. The first-order valence-corrected chi connectivity index (χ1v) is 12.6. The van der Waals surface area contributed by atoms with E-state index in [0.717, 1.165) is 33.6 Å². The van der Waals surface area contributed by atoms with Gasteiger partial charge < -0.3 is 28.9 Å². The van der Waals surface area contributed by atoms with Gasteiger partial charge in [0.1, 0.15) is 23.1 Å². The number of benzene rings is 3. The van der Waals surface area contributed by atoms with Crippen molar-refractivity contribution in [3.8, 4) is 56.8 Å². The predicted molar refractivity (Wildman–Crippen MR) is 148 cm³/mol. The number of carbonyl (C=O) groups is 2. The van der Waals surface area contributed by atoms with Gasteiger partial charge in [0.25, 0.3) is 0 Å². The maximum Gasteiger partial charge on any atom is 0.513 e. The first-order valence-electron chi connectivity index (χ1n) is 12.6. The number of H-pyrrole nitrogens is 2. The highest BCUT2D eigenvalue weighted by atomic mass is 16.7. The molecule has 5 rings (SSSR count). The van der Waals surface area contributed by atoms with Gasteiger partial charge in [0.2, 0.25) is 0 Å². The number of rotatable bonds is 8. The van der Waals surface area contributed by atoms with E-state index in [1.807, 2.05) is 60.9 Å². The Morgan fingerprint density at radius 1 is 0.625 bits per heavy atom. The molecule has 0 aliphatic carbocycles. The van der Waals surface area contributed by atoms with Crippen LogP contribution in [0.4, 0.5) is 9.59 Å². The zero-order valence-corrected chi connectivity index (χ0v) is 21.8. The van der Waals surface area contributed by atoms with Crippen molar-refractivity contribution in [3.63, 3.8) is 0 Å². The molecule has 0 radical (unpaired) electrons. The van der Waals surface area contributed by atoms with Crippen molar-refractivity contribution >= 4 is 12.3 Å². The number of nitrogens with zero attached hydrogens (tertiary/aromatic N) is 2. The van der Waals surface area contributed by atoms with Crippen molar-refractivity contribution in [2.75, 3.05) is 13.2 Å². The number of hydrogen-bond donors (Lipinski definition) is 2. The zero-order valence-electron chi connectivity index (χ0n) is 21.8. The monoisotopic (exact) mass is 538 g/mol. The Labute approximate surface area is 229 Å². The van der Waals surface area contributed by atoms with Crippen LogP contribution in [0, 0.1) is 0 Å². The van der Waals surface area contributed by atoms with E-state index in [2.05, 4.69) is 9.97 Å². The predicted octanol–water partition coefficient (Wildman–Crippen LogP) is 6.87. The maximum atomic E-state index is 11.5. The SMILES string of the molecule is CCOC(=O)Oc1ccc(-c2nc(-c3cccc(-c4c[nH]c(-c5ccc(OC(=O)OCC)cc5)n4)c3)c[nH]2)cc1. The number of nitrogens with one attached hydrogen (secondary N) is 2. The van der Waals surface area contributed by atoms with Gasteiger partial charge in [0, 0.05) is 34.6 Å². The standard InChI is InChI=1S/C30H26N4O6/c1-3-37-29(35)39-23-12-8-19(9-13-23)27-31-17-25(33-27)21-6-5-7-22(16-21)26-18-32-28(34-26)20-10-14-24(15-11-20)40-30(36)38-4-2/h5-18H,3-4H2,1-2H3,(H,31,33)(H,32,34). The molecule has 202 valence electrons. The second kappa shape index (κ2) is 12.0. The van der Waals surface area contributed by atoms with E-state index in [1.165, 1.54) is 0 Å². The molecule has 0 unspecified atom stereocenters. The van der Waals surface area contributed by atoms with Gasteiger partial charge in [0.05, 0.1) is 24.6 Å². The van der Waals surface area contributed by atoms with Crippen LogP contribution in [0.15, 0.2) is 85.2 Å². The second-order valence-electron chi connectivity index (χ2n) is 8.47. The lowest BCUT2D eigenvalue weighted by molar-refractivity contribution is 0.103. The molecule has 0 saturated heterocycles. The first-order chi connectivity index (χ1) is 19.5. The largest absolute Gasteiger partial charge is 0.513 e. The average molecular weight is 539 g/mol. The molecule has 0 fully saturated rings. The average Bonchev–Trinajstić information content (AvgIpc) is 3.65. The van der Waals surface area contributed by atoms with Crippen molar-refractivity contribution in [1.29, 1.82) is 0 Å². The molecule has 0 saturated carbocycles. The lowest BCUT2D eigenvalue weighted by Gasteiger charge is -2.04. The third kappa shape index (κ3) is 6.18. The van der Waals surface area contributed by atoms with Crippen LogP contribution in [-0.4, -0.2) is 45.5 Å². The van der Waals surface area contributed by atoms with Crippen LogP contribution in [0.2, 0.25) is 0 Å². The normalized spacial score (nSPS) is 10.7. The highest BCUT2D eigenvalue weighted by Crippen LogP contribution is 2.29. The van der Waals surface area contributed by atoms with Crippen molar-refractivity contribution < 1.29 is 28.5 Å². The van der Waals surface area contributed by atoms with Gasteiger partial charge in [-0.05, 0) is 68.4 Å². The van der Waals surface area contributed by atoms with Crippen LogP contribution in [0.5, 0.6) is 11.5 Å². The summed E-state index contributed by atoms with van der Waals surface area (Å²) in [6.07, 6.45) is 2.21. The molecule has 0 atom stereocenters. The van der Waals surface area contributed by atoms with E-state index in [9.17, 15) is 9.59 Å². The molecule has 10 heteroatoms. The Bertz CT molecular complexity index is 1490. The molecule has 0 aliphatic rings. The molecule has 2 N–H and O–H groups in total. The number of carbonyl (C=O) groups excluding carboxylic acids is 2. The summed E-state index contributed by atoms with van der Waals surface area (Å²) in [6.45, 7) is 3.93. The van der Waals surface area contributed by atoms with E-state index in [-0.39, 0.29) is 13.2 Å². The molecule has 5 aromatic rings. The summed E-state index contributed by atoms with van der Waals surface area (Å²) in [4.78, 5) is 38.9. The van der Waals surface area contributed by atoms with Gasteiger partial charge in [-0.3, -0.25) is 0 Å². The summed E-state index contributed by atoms with van der Waals surface area (Å²) in [5.74, 6) is 2.14. The van der Waals surface area contributed by atoms with Gasteiger partial charge in [-0.15, -0.1) is 0 Å². The second-order valence-corrected chi connectivity index (χ2v) is 8.47. The van der Waals surface area contributed by atoms with Crippen LogP contribution in [0.1, 0.15) is 13.8 Å². The topological polar surface area (TPSA) is 128 Å². The number of aromatic amines is 2. The Kier molecular flexibility index (Phi) is 7.87. The van der Waals surface area contributed by atoms with Gasteiger partial charge in [-0.25, -0.2) is 19.6 Å². The fourth-order valence-corrected chi connectivity index (χ4v) is 3.92. The van der Waals surface area contributed by atoms with Gasteiger partial charge in [-0.2, -0.15) is 0 Å². The molecule has 2 aromatic heterocycles. The Hall–Kier alpha value is -5.38. The van der Waals surface area contributed by atoms with E-state index < -0.39 is 12.3 Å². The van der Waals surface area contributed by atoms with Crippen molar-refractivity contribution in [2.24, 2.45) is 0 Å². The number of aromatic nitrogens is 4. The minimum atomic E-state index is -0.738. The van der Waals surface area contributed by atoms with Crippen LogP contribution in [-0.2, 0) is 9.47 Å². The lowest BCUT2D eigenvalue weighted by atomic mass is 10.1. The van der Waals surface area contributed by atoms with E-state index in [4.69, 9.17) is 28.9 Å². The molecule has 0 bridgehead atoms. The number of imidazole rings is 2.